The molecule has 0 atom stereocenters. The van der Waals surface area contributed by atoms with E-state index in [0.29, 0.717) is 0 Å². The van der Waals surface area contributed by atoms with Crippen LogP contribution in [0.25, 0.3) is 0 Å². The van der Waals surface area contributed by atoms with Crippen LogP contribution in [0.1, 0.15) is 16.2 Å². The van der Waals surface area contributed by atoms with E-state index in [2.05, 4.69) is 25.7 Å². The Balaban J connectivity index is 1.98. The molecule has 0 aromatic carbocycles. The lowest BCUT2D eigenvalue weighted by Crippen LogP contribution is -2.24. The first-order valence-electron chi connectivity index (χ1n) is 4.51. The number of amides is 1. The molecule has 0 aliphatic rings. The topological polar surface area (TPSA) is 83.6 Å². The van der Waals surface area contributed by atoms with Crippen LogP contribution in [0.15, 0.2) is 24.5 Å². The normalized spacial score (nSPS) is 10.1. The van der Waals surface area contributed by atoms with Crippen LogP contribution in [0, 0.1) is 5.82 Å². The molecular weight excluding hydrogens is 213 g/mol. The van der Waals surface area contributed by atoms with Crippen LogP contribution < -0.4 is 5.32 Å². The van der Waals surface area contributed by atoms with Gasteiger partial charge in [0.05, 0.1) is 18.4 Å². The molecule has 2 heterocycles. The average molecular weight is 221 g/mol. The van der Waals surface area contributed by atoms with Crippen LogP contribution in [-0.2, 0) is 6.54 Å². The number of halogens is 1. The minimum atomic E-state index is -0.456. The summed E-state index contributed by atoms with van der Waals surface area (Å²) < 4.78 is 13.1. The maximum Gasteiger partial charge on any atom is 0.273 e. The van der Waals surface area contributed by atoms with Crippen LogP contribution in [-0.4, -0.2) is 26.3 Å². The van der Waals surface area contributed by atoms with Crippen molar-refractivity contribution in [2.75, 3.05) is 0 Å². The molecule has 0 fully saturated rings. The highest BCUT2D eigenvalue weighted by atomic mass is 19.1. The van der Waals surface area contributed by atoms with Gasteiger partial charge in [0.25, 0.3) is 5.91 Å². The molecule has 0 unspecified atom stereocenters. The quantitative estimate of drug-likeness (QED) is 0.779. The predicted molar refractivity (Wildman–Crippen MR) is 51.7 cm³/mol. The first-order chi connectivity index (χ1) is 7.77. The third-order valence-corrected chi connectivity index (χ3v) is 1.90. The number of aromatic amines is 1. The molecular formula is C9H8FN5O. The molecule has 1 amide bonds. The predicted octanol–water partition coefficient (Wildman–Crippen LogP) is 0.269. The monoisotopic (exact) mass is 221 g/mol. The van der Waals surface area contributed by atoms with E-state index in [0.717, 1.165) is 0 Å². The van der Waals surface area contributed by atoms with Crippen molar-refractivity contribution in [3.8, 4) is 0 Å². The minimum Gasteiger partial charge on any atom is -0.345 e. The molecule has 0 aliphatic heterocycles. The minimum absolute atomic E-state index is 0.0123. The summed E-state index contributed by atoms with van der Waals surface area (Å²) in [6.45, 7) is 0.0123. The fourth-order valence-corrected chi connectivity index (χ4v) is 1.12. The fourth-order valence-electron chi connectivity index (χ4n) is 1.12. The van der Waals surface area contributed by atoms with Gasteiger partial charge in [-0.3, -0.25) is 14.9 Å². The zero-order valence-corrected chi connectivity index (χ0v) is 8.14. The van der Waals surface area contributed by atoms with E-state index in [9.17, 15) is 9.18 Å². The van der Waals surface area contributed by atoms with Crippen molar-refractivity contribution in [3.63, 3.8) is 0 Å². The standard InChI is InChI=1S/C9H8FN5O/c10-6-2-1-3-11-7(6)4-12-9(16)8-5-13-15-14-8/h1-3,5H,4H2,(H,12,16)(H,13,14,15). The first kappa shape index (κ1) is 10.2. The summed E-state index contributed by atoms with van der Waals surface area (Å²) in [7, 11) is 0. The van der Waals surface area contributed by atoms with E-state index < -0.39 is 11.7 Å². The zero-order valence-electron chi connectivity index (χ0n) is 8.14. The van der Waals surface area contributed by atoms with Crippen molar-refractivity contribution in [2.45, 2.75) is 6.54 Å². The Hall–Kier alpha value is -2.31. The molecule has 0 aliphatic carbocycles. The van der Waals surface area contributed by atoms with Crippen molar-refractivity contribution in [2.24, 2.45) is 0 Å². The van der Waals surface area contributed by atoms with Crippen LogP contribution >= 0.6 is 0 Å². The van der Waals surface area contributed by atoms with Gasteiger partial charge in [0.1, 0.15) is 5.82 Å². The van der Waals surface area contributed by atoms with Gasteiger partial charge in [-0.15, -0.1) is 5.10 Å². The lowest BCUT2D eigenvalue weighted by Gasteiger charge is -2.02. The van der Waals surface area contributed by atoms with E-state index in [-0.39, 0.29) is 17.9 Å². The van der Waals surface area contributed by atoms with Gasteiger partial charge in [0, 0.05) is 6.20 Å². The Labute approximate surface area is 89.9 Å². The second-order valence-corrected chi connectivity index (χ2v) is 2.97. The van der Waals surface area contributed by atoms with Gasteiger partial charge in [0.2, 0.25) is 0 Å². The summed E-state index contributed by atoms with van der Waals surface area (Å²) in [5.41, 5.74) is 0.329. The summed E-state index contributed by atoms with van der Waals surface area (Å²) in [6, 6.07) is 2.77. The van der Waals surface area contributed by atoms with Crippen molar-refractivity contribution in [1.29, 1.82) is 0 Å². The van der Waals surface area contributed by atoms with Crippen molar-refractivity contribution < 1.29 is 9.18 Å². The number of carbonyl (C=O) groups excluding carboxylic acids is 1. The molecule has 0 spiro atoms. The molecule has 7 heteroatoms. The Morgan fingerprint density at radius 2 is 2.44 bits per heavy atom. The highest BCUT2D eigenvalue weighted by Crippen LogP contribution is 2.01. The summed E-state index contributed by atoms with van der Waals surface area (Å²) >= 11 is 0. The number of aromatic nitrogens is 4. The molecule has 16 heavy (non-hydrogen) atoms. The SMILES string of the molecule is O=C(NCc1ncccc1F)c1c[nH]nn1. The van der Waals surface area contributed by atoms with Crippen molar-refractivity contribution >= 4 is 5.91 Å². The average Bonchev–Trinajstić information content (AvgIpc) is 2.81. The Kier molecular flexibility index (Phi) is 2.86. The number of hydrogen-bond acceptors (Lipinski definition) is 4. The lowest BCUT2D eigenvalue weighted by atomic mass is 10.3. The molecule has 0 radical (unpaired) electrons. The number of pyridine rings is 1. The molecule has 0 saturated carbocycles. The van der Waals surface area contributed by atoms with Gasteiger partial charge in [-0.1, -0.05) is 5.21 Å². The third kappa shape index (κ3) is 2.19. The highest BCUT2D eigenvalue weighted by Gasteiger charge is 2.09. The highest BCUT2D eigenvalue weighted by molar-refractivity contribution is 5.91. The fraction of sp³-hybridized carbons (Fsp3) is 0.111. The van der Waals surface area contributed by atoms with Gasteiger partial charge in [-0.05, 0) is 12.1 Å². The van der Waals surface area contributed by atoms with Crippen LogP contribution in [0.4, 0.5) is 4.39 Å². The summed E-state index contributed by atoms with van der Waals surface area (Å²) in [4.78, 5) is 15.2. The first-order valence-corrected chi connectivity index (χ1v) is 4.51. The van der Waals surface area contributed by atoms with Gasteiger partial charge in [-0.25, -0.2) is 4.39 Å². The summed E-state index contributed by atoms with van der Waals surface area (Å²) in [6.07, 6.45) is 2.81. The molecule has 6 nitrogen and oxygen atoms in total. The van der Waals surface area contributed by atoms with E-state index in [1.165, 1.54) is 24.5 Å². The Bertz CT molecular complexity index is 484. The summed E-state index contributed by atoms with van der Waals surface area (Å²) in [5, 5.41) is 11.8. The second-order valence-electron chi connectivity index (χ2n) is 2.97. The molecule has 0 saturated heterocycles. The van der Waals surface area contributed by atoms with Crippen LogP contribution in [0.2, 0.25) is 0 Å². The Morgan fingerprint density at radius 1 is 1.56 bits per heavy atom. The van der Waals surface area contributed by atoms with Crippen LogP contribution in [0.3, 0.4) is 0 Å². The number of rotatable bonds is 3. The van der Waals surface area contributed by atoms with Crippen LogP contribution in [0.5, 0.6) is 0 Å². The number of carbonyl (C=O) groups is 1. The number of nitrogens with one attached hydrogen (secondary N) is 2. The van der Waals surface area contributed by atoms with E-state index in [1.54, 1.807) is 0 Å². The molecule has 2 rings (SSSR count). The van der Waals surface area contributed by atoms with Gasteiger partial charge >= 0.3 is 0 Å². The lowest BCUT2D eigenvalue weighted by molar-refractivity contribution is 0.0945. The molecule has 2 N–H and O–H groups in total. The van der Waals surface area contributed by atoms with Gasteiger partial charge < -0.3 is 5.32 Å². The number of H-pyrrole nitrogens is 1. The second kappa shape index (κ2) is 4.47. The maximum absolute atomic E-state index is 13.1. The molecule has 2 aromatic heterocycles. The molecule has 2 aromatic rings. The van der Waals surface area contributed by atoms with E-state index in [1.807, 2.05) is 0 Å². The van der Waals surface area contributed by atoms with Gasteiger partial charge in [-0.2, -0.15) is 0 Å². The van der Waals surface area contributed by atoms with Crippen molar-refractivity contribution in [1.82, 2.24) is 25.7 Å². The molecule has 0 bridgehead atoms. The smallest absolute Gasteiger partial charge is 0.273 e. The summed E-state index contributed by atoms with van der Waals surface area (Å²) in [5.74, 6) is -0.887. The maximum atomic E-state index is 13.1. The van der Waals surface area contributed by atoms with Crippen molar-refractivity contribution in [3.05, 3.63) is 41.7 Å². The van der Waals surface area contributed by atoms with E-state index >= 15 is 0 Å². The third-order valence-electron chi connectivity index (χ3n) is 1.90. The zero-order chi connectivity index (χ0) is 11.4. The number of hydrogen-bond donors (Lipinski definition) is 2. The number of nitrogens with zero attached hydrogens (tertiary/aromatic N) is 3. The van der Waals surface area contributed by atoms with E-state index in [4.69, 9.17) is 0 Å². The largest absolute Gasteiger partial charge is 0.345 e. The van der Waals surface area contributed by atoms with Gasteiger partial charge in [0.15, 0.2) is 5.69 Å². The molecule has 82 valence electrons. The Morgan fingerprint density at radius 3 is 3.12 bits per heavy atom.